The minimum Gasteiger partial charge on any atom is -0.272 e. The molecule has 1 aromatic carbocycles. The summed E-state index contributed by atoms with van der Waals surface area (Å²) in [7, 11) is 0. The first kappa shape index (κ1) is 11.6. The topological polar surface area (TPSA) is 20.3 Å². The van der Waals surface area contributed by atoms with Crippen molar-refractivity contribution in [1.29, 1.82) is 0 Å². The van der Waals surface area contributed by atoms with Gasteiger partial charge in [-0.2, -0.15) is 0 Å². The molecule has 1 rings (SSSR count). The van der Waals surface area contributed by atoms with E-state index < -0.39 is 0 Å². The quantitative estimate of drug-likeness (QED) is 0.427. The molecule has 0 saturated heterocycles. The molecular weight excluding hydrogens is 210 g/mol. The van der Waals surface area contributed by atoms with Crippen LogP contribution < -0.4 is 4.90 Å². The fourth-order valence-corrected chi connectivity index (χ4v) is 1.19. The second-order valence-electron chi connectivity index (χ2n) is 2.84. The third-order valence-corrected chi connectivity index (χ3v) is 1.97. The van der Waals surface area contributed by atoms with Crippen LogP contribution in [0.1, 0.15) is 13.3 Å². The van der Waals surface area contributed by atoms with Crippen LogP contribution in [-0.4, -0.2) is 11.8 Å². The zero-order chi connectivity index (χ0) is 11.1. The van der Waals surface area contributed by atoms with Gasteiger partial charge >= 0.3 is 0 Å². The molecule has 0 bridgehead atoms. The van der Waals surface area contributed by atoms with Gasteiger partial charge in [0.15, 0.2) is 0 Å². The number of rotatable bonds is 2. The lowest BCUT2D eigenvalue weighted by atomic mass is 10.3. The second kappa shape index (κ2) is 6.10. The number of carbonyl (C=O) groups is 1. The Morgan fingerprint density at radius 2 is 2.07 bits per heavy atom. The molecule has 2 nitrogen and oxygen atoms in total. The van der Waals surface area contributed by atoms with Crippen molar-refractivity contribution in [3.05, 3.63) is 30.3 Å². The maximum atomic E-state index is 11.5. The lowest BCUT2D eigenvalue weighted by molar-refractivity contribution is -0.115. The van der Waals surface area contributed by atoms with Crippen molar-refractivity contribution in [2.24, 2.45) is 0 Å². The van der Waals surface area contributed by atoms with E-state index >= 15 is 0 Å². The molecule has 1 amide bonds. The van der Waals surface area contributed by atoms with Gasteiger partial charge in [-0.15, -0.1) is 11.6 Å². The minimum atomic E-state index is -0.205. The van der Waals surface area contributed by atoms with Crippen LogP contribution in [0.2, 0.25) is 0 Å². The van der Waals surface area contributed by atoms with Gasteiger partial charge in [-0.1, -0.05) is 31.0 Å². The van der Waals surface area contributed by atoms with E-state index in [1.165, 1.54) is 4.90 Å². The van der Waals surface area contributed by atoms with Crippen LogP contribution in [0.3, 0.4) is 0 Å². The first-order valence-corrected chi connectivity index (χ1v) is 5.25. The maximum absolute atomic E-state index is 11.5. The molecule has 0 aliphatic heterocycles. The molecule has 78 valence electrons. The lowest BCUT2D eigenvalue weighted by Crippen LogP contribution is -2.26. The fraction of sp³-hybridized carbons (Fsp3) is 0.250. The van der Waals surface area contributed by atoms with Gasteiger partial charge in [0.1, 0.15) is 5.88 Å². The number of hydrogen-bond donors (Lipinski definition) is 0. The zero-order valence-corrected chi connectivity index (χ0v) is 9.29. The number of para-hydroxylation sites is 1. The molecule has 1 aromatic rings. The first-order valence-electron chi connectivity index (χ1n) is 4.72. The smallest absolute Gasteiger partial charge is 0.253 e. The predicted octanol–water partition coefficient (Wildman–Crippen LogP) is 2.63. The van der Waals surface area contributed by atoms with Crippen LogP contribution in [0, 0.1) is 12.0 Å². The Hall–Kier alpha value is -1.46. The molecule has 0 aliphatic carbocycles. The number of benzene rings is 1. The van der Waals surface area contributed by atoms with Gasteiger partial charge in [-0.3, -0.25) is 4.79 Å². The molecule has 0 saturated carbocycles. The van der Waals surface area contributed by atoms with E-state index in [9.17, 15) is 4.79 Å². The number of amides is 1. The number of halogens is 1. The monoisotopic (exact) mass is 221 g/mol. The molecule has 0 heterocycles. The average molecular weight is 222 g/mol. The molecule has 3 heteroatoms. The standard InChI is InChI=1S/C12H12ClNO/c1-2-3-9-14(12(15)10-13)11-7-5-4-6-8-11/h4-8H,2,10H2,1H3. The normalized spacial score (nSPS) is 8.93. The van der Waals surface area contributed by atoms with Crippen LogP contribution in [-0.2, 0) is 4.79 Å². The van der Waals surface area contributed by atoms with Crippen molar-refractivity contribution < 1.29 is 4.79 Å². The van der Waals surface area contributed by atoms with Crippen molar-refractivity contribution in [1.82, 2.24) is 0 Å². The Kier molecular flexibility index (Phi) is 4.73. The Labute approximate surface area is 94.8 Å². The fourth-order valence-electron chi connectivity index (χ4n) is 1.07. The van der Waals surface area contributed by atoms with Gasteiger partial charge in [0.05, 0.1) is 5.69 Å². The molecule has 0 aromatic heterocycles. The highest BCUT2D eigenvalue weighted by Crippen LogP contribution is 2.12. The SMILES string of the molecule is CCC#CN(C(=O)CCl)c1ccccc1. The van der Waals surface area contributed by atoms with Gasteiger partial charge in [0, 0.05) is 12.5 Å². The van der Waals surface area contributed by atoms with Crippen molar-refractivity contribution in [3.8, 4) is 12.0 Å². The average Bonchev–Trinajstić information content (AvgIpc) is 2.30. The van der Waals surface area contributed by atoms with Crippen LogP contribution in [0.4, 0.5) is 5.69 Å². The van der Waals surface area contributed by atoms with Crippen molar-refractivity contribution >= 4 is 23.2 Å². The first-order chi connectivity index (χ1) is 7.29. The van der Waals surface area contributed by atoms with Gasteiger partial charge in [0.2, 0.25) is 0 Å². The highest BCUT2D eigenvalue weighted by atomic mass is 35.5. The Bertz CT molecular complexity index is 378. The third kappa shape index (κ3) is 3.30. The number of hydrogen-bond acceptors (Lipinski definition) is 1. The number of alkyl halides is 1. The number of carbonyl (C=O) groups excluding carboxylic acids is 1. The van der Waals surface area contributed by atoms with E-state index in [-0.39, 0.29) is 11.8 Å². The lowest BCUT2D eigenvalue weighted by Gasteiger charge is -2.13. The summed E-state index contributed by atoms with van der Waals surface area (Å²) in [5.41, 5.74) is 0.754. The second-order valence-corrected chi connectivity index (χ2v) is 3.11. The highest BCUT2D eigenvalue weighted by Gasteiger charge is 2.11. The summed E-state index contributed by atoms with van der Waals surface area (Å²) < 4.78 is 0. The van der Waals surface area contributed by atoms with Crippen molar-refractivity contribution in [2.75, 3.05) is 10.8 Å². The zero-order valence-electron chi connectivity index (χ0n) is 8.53. The van der Waals surface area contributed by atoms with Crippen LogP contribution in [0.25, 0.3) is 0 Å². The summed E-state index contributed by atoms with van der Waals surface area (Å²) in [6.07, 6.45) is 0.707. The van der Waals surface area contributed by atoms with Gasteiger partial charge < -0.3 is 0 Å². The summed E-state index contributed by atoms with van der Waals surface area (Å²) in [5.74, 6) is 2.59. The van der Waals surface area contributed by atoms with E-state index in [0.717, 1.165) is 5.69 Å². The molecule has 0 radical (unpaired) electrons. The number of nitrogens with zero attached hydrogens (tertiary/aromatic N) is 1. The molecule has 0 aliphatic rings. The Morgan fingerprint density at radius 1 is 1.40 bits per heavy atom. The number of anilines is 1. The van der Waals surface area contributed by atoms with Crippen molar-refractivity contribution in [3.63, 3.8) is 0 Å². The van der Waals surface area contributed by atoms with E-state index in [1.807, 2.05) is 37.3 Å². The molecule has 0 unspecified atom stereocenters. The van der Waals surface area contributed by atoms with Gasteiger partial charge in [-0.25, -0.2) is 4.90 Å². The molecule has 0 spiro atoms. The molecule has 0 atom stereocenters. The molecular formula is C12H12ClNO. The van der Waals surface area contributed by atoms with Crippen LogP contribution in [0.5, 0.6) is 0 Å². The minimum absolute atomic E-state index is 0.0622. The van der Waals surface area contributed by atoms with E-state index in [0.29, 0.717) is 6.42 Å². The summed E-state index contributed by atoms with van der Waals surface area (Å²) in [4.78, 5) is 12.9. The Morgan fingerprint density at radius 3 is 2.60 bits per heavy atom. The van der Waals surface area contributed by atoms with Gasteiger partial charge in [-0.05, 0) is 12.1 Å². The predicted molar refractivity (Wildman–Crippen MR) is 62.7 cm³/mol. The van der Waals surface area contributed by atoms with Gasteiger partial charge in [0.25, 0.3) is 5.91 Å². The summed E-state index contributed by atoms with van der Waals surface area (Å²) in [5, 5.41) is 0. The van der Waals surface area contributed by atoms with Crippen LogP contribution in [0.15, 0.2) is 30.3 Å². The summed E-state index contributed by atoms with van der Waals surface area (Å²) in [6, 6.07) is 12.0. The molecule has 0 fully saturated rings. The maximum Gasteiger partial charge on any atom is 0.253 e. The summed E-state index contributed by atoms with van der Waals surface area (Å²) >= 11 is 5.52. The Balaban J connectivity index is 2.96. The van der Waals surface area contributed by atoms with Crippen LogP contribution >= 0.6 is 11.6 Å². The summed E-state index contributed by atoms with van der Waals surface area (Å²) in [6.45, 7) is 1.93. The highest BCUT2D eigenvalue weighted by molar-refractivity contribution is 6.29. The van der Waals surface area contributed by atoms with E-state index in [1.54, 1.807) is 0 Å². The van der Waals surface area contributed by atoms with Crippen molar-refractivity contribution in [2.45, 2.75) is 13.3 Å². The van der Waals surface area contributed by atoms with E-state index in [2.05, 4.69) is 12.0 Å². The molecule has 0 N–H and O–H groups in total. The van der Waals surface area contributed by atoms with E-state index in [4.69, 9.17) is 11.6 Å². The largest absolute Gasteiger partial charge is 0.272 e. The molecule has 15 heavy (non-hydrogen) atoms. The third-order valence-electron chi connectivity index (χ3n) is 1.75.